The van der Waals surface area contributed by atoms with E-state index in [0.29, 0.717) is 17.5 Å². The molecule has 22 heavy (non-hydrogen) atoms. The molecule has 0 aliphatic rings. The lowest BCUT2D eigenvalue weighted by molar-refractivity contribution is -0.120. The van der Waals surface area contributed by atoms with Gasteiger partial charge in [0.15, 0.2) is 0 Å². The van der Waals surface area contributed by atoms with E-state index >= 15 is 0 Å². The molecule has 3 nitrogen and oxygen atoms in total. The van der Waals surface area contributed by atoms with Crippen LogP contribution in [0.1, 0.15) is 23.7 Å². The van der Waals surface area contributed by atoms with E-state index in [0.717, 1.165) is 0 Å². The lowest BCUT2D eigenvalue weighted by Gasteiger charge is -2.11. The maximum Gasteiger partial charge on any atom is 0.224 e. The van der Waals surface area contributed by atoms with Crippen molar-refractivity contribution in [3.05, 3.63) is 71.3 Å². The lowest BCUT2D eigenvalue weighted by atomic mass is 10.1. The highest BCUT2D eigenvalue weighted by Crippen LogP contribution is 2.16. The standard InChI is InChI=1S/C17H17F2NO2/c18-14-6-4-13(5-7-14)16(21)8-9-20-17(22)11-12-2-1-3-15(19)10-12/h1-7,10,16,21H,8-9,11H2,(H,20,22). The highest BCUT2D eigenvalue weighted by atomic mass is 19.1. The Balaban J connectivity index is 1.76. The monoisotopic (exact) mass is 305 g/mol. The summed E-state index contributed by atoms with van der Waals surface area (Å²) in [5.74, 6) is -0.978. The highest BCUT2D eigenvalue weighted by Gasteiger charge is 2.09. The van der Waals surface area contributed by atoms with Crippen LogP contribution in [-0.4, -0.2) is 17.6 Å². The van der Waals surface area contributed by atoms with Gasteiger partial charge in [0.2, 0.25) is 5.91 Å². The molecular formula is C17H17F2NO2. The number of carbonyl (C=O) groups is 1. The number of hydrogen-bond donors (Lipinski definition) is 2. The summed E-state index contributed by atoms with van der Waals surface area (Å²) in [6.45, 7) is 0.284. The Hall–Kier alpha value is -2.27. The third-order valence-corrected chi connectivity index (χ3v) is 3.25. The summed E-state index contributed by atoms with van der Waals surface area (Å²) in [5, 5.41) is 12.6. The topological polar surface area (TPSA) is 49.3 Å². The number of nitrogens with one attached hydrogen (secondary N) is 1. The Bertz CT molecular complexity index is 629. The molecule has 0 aliphatic carbocycles. The van der Waals surface area contributed by atoms with Crippen LogP contribution in [0.4, 0.5) is 8.78 Å². The molecule has 0 fully saturated rings. The second-order valence-corrected chi connectivity index (χ2v) is 5.01. The van der Waals surface area contributed by atoms with Crippen molar-refractivity contribution in [1.29, 1.82) is 0 Å². The average Bonchev–Trinajstić information content (AvgIpc) is 2.47. The summed E-state index contributed by atoms with van der Waals surface area (Å²) in [6.07, 6.45) is -0.361. The summed E-state index contributed by atoms with van der Waals surface area (Å²) >= 11 is 0. The molecule has 0 saturated carbocycles. The maximum atomic E-state index is 13.0. The van der Waals surface area contributed by atoms with Gasteiger partial charge in [-0.2, -0.15) is 0 Å². The van der Waals surface area contributed by atoms with Gasteiger partial charge in [-0.05, 0) is 41.8 Å². The molecule has 2 aromatic rings. The van der Waals surface area contributed by atoms with Crippen molar-refractivity contribution in [1.82, 2.24) is 5.32 Å². The minimum Gasteiger partial charge on any atom is -0.388 e. The predicted molar refractivity (Wildman–Crippen MR) is 79.1 cm³/mol. The Morgan fingerprint density at radius 1 is 1.09 bits per heavy atom. The van der Waals surface area contributed by atoms with Crippen molar-refractivity contribution in [2.24, 2.45) is 0 Å². The van der Waals surface area contributed by atoms with Crippen LogP contribution in [0.25, 0.3) is 0 Å². The summed E-state index contributed by atoms with van der Waals surface area (Å²) in [5.41, 5.74) is 1.19. The average molecular weight is 305 g/mol. The second-order valence-electron chi connectivity index (χ2n) is 5.01. The quantitative estimate of drug-likeness (QED) is 0.862. The summed E-state index contributed by atoms with van der Waals surface area (Å²) in [7, 11) is 0. The van der Waals surface area contributed by atoms with E-state index in [1.165, 1.54) is 36.4 Å². The summed E-state index contributed by atoms with van der Waals surface area (Å²) < 4.78 is 25.8. The molecule has 0 aliphatic heterocycles. The first-order chi connectivity index (χ1) is 10.5. The zero-order valence-electron chi connectivity index (χ0n) is 11.9. The van der Waals surface area contributed by atoms with Gasteiger partial charge in [-0.3, -0.25) is 4.79 Å². The third kappa shape index (κ3) is 4.93. The fourth-order valence-corrected chi connectivity index (χ4v) is 2.09. The van der Waals surface area contributed by atoms with Crippen molar-refractivity contribution in [3.8, 4) is 0 Å². The number of halogens is 2. The fraction of sp³-hybridized carbons (Fsp3) is 0.235. The van der Waals surface area contributed by atoms with E-state index in [2.05, 4.69) is 5.32 Å². The molecular weight excluding hydrogens is 288 g/mol. The summed E-state index contributed by atoms with van der Waals surface area (Å²) in [6, 6.07) is 11.4. The van der Waals surface area contributed by atoms with E-state index in [1.54, 1.807) is 12.1 Å². The Labute approximate surface area is 127 Å². The van der Waals surface area contributed by atoms with Gasteiger partial charge in [0, 0.05) is 6.54 Å². The van der Waals surface area contributed by atoms with Crippen molar-refractivity contribution in [2.45, 2.75) is 18.9 Å². The minimum atomic E-state index is -0.768. The van der Waals surface area contributed by atoms with Gasteiger partial charge in [0.25, 0.3) is 0 Å². The van der Waals surface area contributed by atoms with E-state index in [-0.39, 0.29) is 30.5 Å². The molecule has 2 aromatic carbocycles. The van der Waals surface area contributed by atoms with Crippen LogP contribution in [0.5, 0.6) is 0 Å². The van der Waals surface area contributed by atoms with Crippen LogP contribution < -0.4 is 5.32 Å². The largest absolute Gasteiger partial charge is 0.388 e. The van der Waals surface area contributed by atoms with Gasteiger partial charge in [-0.1, -0.05) is 24.3 Å². The maximum absolute atomic E-state index is 13.0. The molecule has 5 heteroatoms. The molecule has 0 spiro atoms. The van der Waals surface area contributed by atoms with E-state index in [4.69, 9.17) is 0 Å². The van der Waals surface area contributed by atoms with E-state index in [9.17, 15) is 18.7 Å². The second kappa shape index (κ2) is 7.66. The first-order valence-electron chi connectivity index (χ1n) is 6.99. The Morgan fingerprint density at radius 2 is 1.82 bits per heavy atom. The molecule has 1 unspecified atom stereocenters. The van der Waals surface area contributed by atoms with Crippen molar-refractivity contribution < 1.29 is 18.7 Å². The molecule has 0 saturated heterocycles. The molecule has 0 aromatic heterocycles. The zero-order valence-corrected chi connectivity index (χ0v) is 11.9. The molecule has 1 amide bonds. The smallest absolute Gasteiger partial charge is 0.224 e. The molecule has 1 atom stereocenters. The van der Waals surface area contributed by atoms with Gasteiger partial charge in [-0.25, -0.2) is 8.78 Å². The first-order valence-corrected chi connectivity index (χ1v) is 6.99. The van der Waals surface area contributed by atoms with Crippen LogP contribution in [0.2, 0.25) is 0 Å². The van der Waals surface area contributed by atoms with Gasteiger partial charge in [0.05, 0.1) is 12.5 Å². The Kier molecular flexibility index (Phi) is 5.61. The van der Waals surface area contributed by atoms with E-state index < -0.39 is 6.10 Å². The fourth-order valence-electron chi connectivity index (χ4n) is 2.09. The van der Waals surface area contributed by atoms with Crippen LogP contribution in [0, 0.1) is 11.6 Å². The van der Waals surface area contributed by atoms with E-state index in [1.807, 2.05) is 0 Å². The van der Waals surface area contributed by atoms with Crippen molar-refractivity contribution in [2.75, 3.05) is 6.54 Å². The number of amides is 1. The molecule has 0 radical (unpaired) electrons. The van der Waals surface area contributed by atoms with Crippen LogP contribution in [-0.2, 0) is 11.2 Å². The molecule has 0 heterocycles. The highest BCUT2D eigenvalue weighted by molar-refractivity contribution is 5.78. The number of carbonyl (C=O) groups excluding carboxylic acids is 1. The predicted octanol–water partition coefficient (Wildman–Crippen LogP) is 2.75. The molecule has 0 bridgehead atoms. The summed E-state index contributed by atoms with van der Waals surface area (Å²) in [4.78, 5) is 11.7. The number of aliphatic hydroxyl groups is 1. The molecule has 116 valence electrons. The van der Waals surface area contributed by atoms with Crippen LogP contribution >= 0.6 is 0 Å². The van der Waals surface area contributed by atoms with Gasteiger partial charge in [0.1, 0.15) is 11.6 Å². The van der Waals surface area contributed by atoms with Crippen LogP contribution in [0.15, 0.2) is 48.5 Å². The van der Waals surface area contributed by atoms with Crippen LogP contribution in [0.3, 0.4) is 0 Å². The third-order valence-electron chi connectivity index (χ3n) is 3.25. The number of rotatable bonds is 6. The molecule has 2 rings (SSSR count). The van der Waals surface area contributed by atoms with Gasteiger partial charge >= 0.3 is 0 Å². The normalized spacial score (nSPS) is 12.0. The zero-order chi connectivity index (χ0) is 15.9. The molecule has 2 N–H and O–H groups in total. The van der Waals surface area contributed by atoms with Crippen molar-refractivity contribution >= 4 is 5.91 Å². The SMILES string of the molecule is O=C(Cc1cccc(F)c1)NCCC(O)c1ccc(F)cc1. The minimum absolute atomic E-state index is 0.0877. The Morgan fingerprint density at radius 3 is 2.50 bits per heavy atom. The first kappa shape index (κ1) is 16.1. The van der Waals surface area contributed by atoms with Gasteiger partial charge in [-0.15, -0.1) is 0 Å². The lowest BCUT2D eigenvalue weighted by Crippen LogP contribution is -2.27. The van der Waals surface area contributed by atoms with Gasteiger partial charge < -0.3 is 10.4 Å². The number of benzene rings is 2. The number of hydrogen-bond acceptors (Lipinski definition) is 2. The number of aliphatic hydroxyl groups excluding tert-OH is 1. The van der Waals surface area contributed by atoms with Crippen molar-refractivity contribution in [3.63, 3.8) is 0 Å².